The summed E-state index contributed by atoms with van der Waals surface area (Å²) in [5.41, 5.74) is 1.77. The third-order valence-electron chi connectivity index (χ3n) is 5.10. The number of carbonyl (C=O) groups is 3. The van der Waals surface area contributed by atoms with Crippen LogP contribution in [-0.2, 0) is 41.6 Å². The molecule has 1 saturated heterocycles. The van der Waals surface area contributed by atoms with Gasteiger partial charge in [0, 0.05) is 6.54 Å². The fourth-order valence-corrected chi connectivity index (χ4v) is 3.62. The minimum atomic E-state index is -1.22. The SMILES string of the molecule is COC(=O)[C@@H]1OC(C)(C)O[C@H]1C(=O)N(Cc1ccccc1)[C@@H](C=O)Cc1ccccc1. The Labute approximate surface area is 181 Å². The normalized spacial score (nSPS) is 20.6. The van der Waals surface area contributed by atoms with Gasteiger partial charge in [0.2, 0.25) is 0 Å². The van der Waals surface area contributed by atoms with Gasteiger partial charge >= 0.3 is 5.97 Å². The molecular formula is C24H27NO6. The Bertz CT molecular complexity index is 899. The van der Waals surface area contributed by atoms with Gasteiger partial charge in [0.1, 0.15) is 6.29 Å². The lowest BCUT2D eigenvalue weighted by molar-refractivity contribution is -0.170. The summed E-state index contributed by atoms with van der Waals surface area (Å²) in [4.78, 5) is 39.4. The van der Waals surface area contributed by atoms with E-state index < -0.39 is 35.9 Å². The Balaban J connectivity index is 1.93. The molecule has 2 aromatic carbocycles. The summed E-state index contributed by atoms with van der Waals surface area (Å²) in [5, 5.41) is 0. The molecule has 3 atom stereocenters. The van der Waals surface area contributed by atoms with Crippen molar-refractivity contribution in [1.29, 1.82) is 0 Å². The maximum absolute atomic E-state index is 13.6. The molecule has 0 aromatic heterocycles. The quantitative estimate of drug-likeness (QED) is 0.478. The van der Waals surface area contributed by atoms with Gasteiger partial charge in [-0.05, 0) is 31.4 Å². The number of carbonyl (C=O) groups excluding carboxylic acids is 3. The number of aldehydes is 1. The van der Waals surface area contributed by atoms with Gasteiger partial charge < -0.3 is 23.9 Å². The number of ether oxygens (including phenoxy) is 3. The maximum Gasteiger partial charge on any atom is 0.338 e. The van der Waals surface area contributed by atoms with Crippen molar-refractivity contribution in [1.82, 2.24) is 4.90 Å². The molecule has 164 valence electrons. The molecule has 31 heavy (non-hydrogen) atoms. The highest BCUT2D eigenvalue weighted by atomic mass is 16.8. The average Bonchev–Trinajstić information content (AvgIpc) is 3.12. The van der Waals surface area contributed by atoms with Gasteiger partial charge in [-0.3, -0.25) is 4.79 Å². The highest BCUT2D eigenvalue weighted by molar-refractivity contribution is 5.90. The van der Waals surface area contributed by atoms with Crippen molar-refractivity contribution >= 4 is 18.2 Å². The number of nitrogens with zero attached hydrogens (tertiary/aromatic N) is 1. The number of methoxy groups -OCH3 is 1. The lowest BCUT2D eigenvalue weighted by Crippen LogP contribution is -2.51. The molecule has 0 saturated carbocycles. The molecule has 0 aliphatic carbocycles. The van der Waals surface area contributed by atoms with E-state index in [1.807, 2.05) is 60.7 Å². The molecule has 0 unspecified atom stereocenters. The van der Waals surface area contributed by atoms with Gasteiger partial charge in [0.05, 0.1) is 13.2 Å². The zero-order chi connectivity index (χ0) is 22.4. The van der Waals surface area contributed by atoms with Gasteiger partial charge in [0.15, 0.2) is 18.0 Å². The predicted octanol–water partition coefficient (Wildman–Crippen LogP) is 2.52. The van der Waals surface area contributed by atoms with E-state index in [0.717, 1.165) is 17.4 Å². The molecule has 2 aromatic rings. The summed E-state index contributed by atoms with van der Waals surface area (Å²) in [6, 6.07) is 18.0. The summed E-state index contributed by atoms with van der Waals surface area (Å²) < 4.78 is 16.2. The highest BCUT2D eigenvalue weighted by Gasteiger charge is 2.51. The van der Waals surface area contributed by atoms with E-state index in [4.69, 9.17) is 14.2 Å². The summed E-state index contributed by atoms with van der Waals surface area (Å²) >= 11 is 0. The van der Waals surface area contributed by atoms with Crippen molar-refractivity contribution in [3.8, 4) is 0 Å². The van der Waals surface area contributed by atoms with E-state index in [-0.39, 0.29) is 6.54 Å². The van der Waals surface area contributed by atoms with Crippen LogP contribution < -0.4 is 0 Å². The lowest BCUT2D eigenvalue weighted by Gasteiger charge is -2.31. The zero-order valence-electron chi connectivity index (χ0n) is 17.9. The van der Waals surface area contributed by atoms with E-state index in [1.54, 1.807) is 13.8 Å². The first-order valence-electron chi connectivity index (χ1n) is 10.1. The van der Waals surface area contributed by atoms with Crippen LogP contribution in [0.15, 0.2) is 60.7 Å². The average molecular weight is 425 g/mol. The van der Waals surface area contributed by atoms with Crippen molar-refractivity contribution in [3.63, 3.8) is 0 Å². The Morgan fingerprint density at radius 3 is 2.10 bits per heavy atom. The molecular weight excluding hydrogens is 398 g/mol. The van der Waals surface area contributed by atoms with Crippen molar-refractivity contribution < 1.29 is 28.6 Å². The van der Waals surface area contributed by atoms with E-state index in [9.17, 15) is 14.4 Å². The molecule has 1 amide bonds. The fraction of sp³-hybridized carbons (Fsp3) is 0.375. The summed E-state index contributed by atoms with van der Waals surface area (Å²) in [7, 11) is 1.23. The smallest absolute Gasteiger partial charge is 0.338 e. The van der Waals surface area contributed by atoms with Crippen molar-refractivity contribution in [2.45, 2.75) is 50.8 Å². The first-order valence-corrected chi connectivity index (χ1v) is 10.1. The second kappa shape index (κ2) is 9.85. The van der Waals surface area contributed by atoms with E-state index in [0.29, 0.717) is 6.42 Å². The lowest BCUT2D eigenvalue weighted by atomic mass is 10.0. The first-order chi connectivity index (χ1) is 14.8. The molecule has 7 nitrogen and oxygen atoms in total. The third kappa shape index (κ3) is 5.57. The second-order valence-corrected chi connectivity index (χ2v) is 7.84. The molecule has 0 bridgehead atoms. The van der Waals surface area contributed by atoms with E-state index in [1.165, 1.54) is 12.0 Å². The predicted molar refractivity (Wildman–Crippen MR) is 113 cm³/mol. The summed E-state index contributed by atoms with van der Waals surface area (Å²) in [6.45, 7) is 3.43. The molecule has 1 heterocycles. The van der Waals surface area contributed by atoms with Crippen LogP contribution in [0.5, 0.6) is 0 Å². The van der Waals surface area contributed by atoms with Crippen LogP contribution in [0.3, 0.4) is 0 Å². The Kier molecular flexibility index (Phi) is 7.20. The van der Waals surface area contributed by atoms with Crippen molar-refractivity contribution in [2.24, 2.45) is 0 Å². The Morgan fingerprint density at radius 2 is 1.55 bits per heavy atom. The number of hydrogen-bond acceptors (Lipinski definition) is 6. The monoisotopic (exact) mass is 425 g/mol. The standard InChI is InChI=1S/C24H27NO6/c1-24(2)30-20(21(31-24)23(28)29-3)22(27)25(15-18-12-8-5-9-13-18)19(16-26)14-17-10-6-4-7-11-17/h4-13,16,19-21H,14-15H2,1-3H3/t19-,20-,21-/m1/s1. The molecule has 1 aliphatic rings. The van der Waals surface area contributed by atoms with Crippen LogP contribution in [0, 0.1) is 0 Å². The maximum atomic E-state index is 13.6. The molecule has 7 heteroatoms. The molecule has 0 spiro atoms. The van der Waals surface area contributed by atoms with Crippen LogP contribution in [0.4, 0.5) is 0 Å². The first kappa shape index (κ1) is 22.7. The minimum Gasteiger partial charge on any atom is -0.467 e. The Morgan fingerprint density at radius 1 is 1.00 bits per heavy atom. The second-order valence-electron chi connectivity index (χ2n) is 7.84. The molecule has 3 rings (SSSR count). The summed E-state index contributed by atoms with van der Waals surface area (Å²) in [6.07, 6.45) is -1.34. The van der Waals surface area contributed by atoms with Gasteiger partial charge in [-0.1, -0.05) is 60.7 Å². The van der Waals surface area contributed by atoms with E-state index in [2.05, 4.69) is 0 Å². The number of hydrogen-bond donors (Lipinski definition) is 0. The molecule has 1 aliphatic heterocycles. The van der Waals surface area contributed by atoms with Crippen LogP contribution in [0.25, 0.3) is 0 Å². The van der Waals surface area contributed by atoms with E-state index >= 15 is 0 Å². The number of rotatable bonds is 8. The van der Waals surface area contributed by atoms with Gasteiger partial charge in [-0.25, -0.2) is 4.79 Å². The number of esters is 1. The largest absolute Gasteiger partial charge is 0.467 e. The third-order valence-corrected chi connectivity index (χ3v) is 5.10. The molecule has 0 N–H and O–H groups in total. The Hall–Kier alpha value is -3.03. The van der Waals surface area contributed by atoms with Crippen LogP contribution in [0.1, 0.15) is 25.0 Å². The molecule has 0 radical (unpaired) electrons. The highest BCUT2D eigenvalue weighted by Crippen LogP contribution is 2.31. The fourth-order valence-electron chi connectivity index (χ4n) is 3.62. The number of benzene rings is 2. The topological polar surface area (TPSA) is 82.1 Å². The summed E-state index contributed by atoms with van der Waals surface area (Å²) in [5.74, 6) is -2.35. The molecule has 1 fully saturated rings. The van der Waals surface area contributed by atoms with Crippen LogP contribution in [0.2, 0.25) is 0 Å². The van der Waals surface area contributed by atoms with Gasteiger partial charge in [-0.15, -0.1) is 0 Å². The minimum absolute atomic E-state index is 0.185. The van der Waals surface area contributed by atoms with Gasteiger partial charge in [-0.2, -0.15) is 0 Å². The van der Waals surface area contributed by atoms with Crippen LogP contribution >= 0.6 is 0 Å². The number of amides is 1. The van der Waals surface area contributed by atoms with Gasteiger partial charge in [0.25, 0.3) is 5.91 Å². The van der Waals surface area contributed by atoms with Crippen molar-refractivity contribution in [2.75, 3.05) is 7.11 Å². The van der Waals surface area contributed by atoms with Crippen LogP contribution in [-0.4, -0.2) is 54.2 Å². The van der Waals surface area contributed by atoms with Crippen molar-refractivity contribution in [3.05, 3.63) is 71.8 Å². The zero-order valence-corrected chi connectivity index (χ0v) is 17.9.